The zero-order valence-corrected chi connectivity index (χ0v) is 10.7. The maximum atomic E-state index is 10.6. The van der Waals surface area contributed by atoms with Crippen molar-refractivity contribution in [3.63, 3.8) is 0 Å². The van der Waals surface area contributed by atoms with Gasteiger partial charge in [-0.05, 0) is 37.7 Å². The van der Waals surface area contributed by atoms with Crippen molar-refractivity contribution in [2.75, 3.05) is 0 Å². The Hall–Kier alpha value is -0.830. The third-order valence-corrected chi connectivity index (χ3v) is 3.68. The molecule has 3 heteroatoms. The minimum atomic E-state index is -0.524. The Kier molecular flexibility index (Phi) is 2.61. The van der Waals surface area contributed by atoms with Crippen molar-refractivity contribution < 1.29 is 5.11 Å². The molecule has 1 unspecified atom stereocenters. The lowest BCUT2D eigenvalue weighted by Gasteiger charge is -2.25. The molecule has 0 spiro atoms. The third-order valence-electron chi connectivity index (χ3n) is 3.68. The van der Waals surface area contributed by atoms with Gasteiger partial charge in [0.05, 0.1) is 11.3 Å². The fraction of sp³-hybridized carbons (Fsp3) is 0.769. The molecule has 0 amide bonds. The van der Waals surface area contributed by atoms with Gasteiger partial charge in [0.2, 0.25) is 0 Å². The van der Waals surface area contributed by atoms with Crippen LogP contribution in [0.5, 0.6) is 0 Å². The maximum Gasteiger partial charge on any atom is 0.0708 e. The van der Waals surface area contributed by atoms with Crippen LogP contribution in [0.15, 0.2) is 6.07 Å². The Bertz CT molecular complexity index is 395. The van der Waals surface area contributed by atoms with E-state index in [1.165, 1.54) is 0 Å². The van der Waals surface area contributed by atoms with Gasteiger partial charge in [-0.3, -0.25) is 4.68 Å². The Balaban J connectivity index is 2.13. The third kappa shape index (κ3) is 2.29. The van der Waals surface area contributed by atoms with E-state index in [1.807, 2.05) is 18.7 Å². The molecule has 16 heavy (non-hydrogen) atoms. The van der Waals surface area contributed by atoms with Gasteiger partial charge in [0.25, 0.3) is 0 Å². The summed E-state index contributed by atoms with van der Waals surface area (Å²) in [5.74, 6) is 0. The summed E-state index contributed by atoms with van der Waals surface area (Å²) in [5.41, 5.74) is 1.92. The van der Waals surface area contributed by atoms with Crippen molar-refractivity contribution in [2.45, 2.75) is 52.1 Å². The number of aromatic nitrogens is 2. The molecule has 0 saturated heterocycles. The highest BCUT2D eigenvalue weighted by molar-refractivity contribution is 5.13. The zero-order chi connectivity index (χ0) is 12.0. The van der Waals surface area contributed by atoms with Gasteiger partial charge in [-0.2, -0.15) is 5.10 Å². The van der Waals surface area contributed by atoms with E-state index in [-0.39, 0.29) is 5.41 Å². The molecule has 0 radical (unpaired) electrons. The molecule has 1 N–H and O–H groups in total. The first-order valence-electron chi connectivity index (χ1n) is 6.02. The second-order valence-electron chi connectivity index (χ2n) is 6.14. The lowest BCUT2D eigenvalue weighted by Crippen LogP contribution is -2.30. The monoisotopic (exact) mass is 222 g/mol. The minimum Gasteiger partial charge on any atom is -0.389 e. The van der Waals surface area contributed by atoms with Gasteiger partial charge in [0.15, 0.2) is 0 Å². The van der Waals surface area contributed by atoms with E-state index in [4.69, 9.17) is 0 Å². The molecule has 1 fully saturated rings. The molecule has 1 heterocycles. The molecule has 1 aromatic heterocycles. The first kappa shape index (κ1) is 11.6. The van der Waals surface area contributed by atoms with Crippen LogP contribution in [0.25, 0.3) is 0 Å². The average Bonchev–Trinajstić information content (AvgIpc) is 2.54. The summed E-state index contributed by atoms with van der Waals surface area (Å²) in [6, 6.07) is 2.07. The molecule has 1 aliphatic carbocycles. The predicted molar refractivity (Wildman–Crippen MR) is 64.2 cm³/mol. The smallest absolute Gasteiger partial charge is 0.0708 e. The topological polar surface area (TPSA) is 38.0 Å². The lowest BCUT2D eigenvalue weighted by atomic mass is 9.87. The summed E-state index contributed by atoms with van der Waals surface area (Å²) in [5, 5.41) is 14.9. The van der Waals surface area contributed by atoms with Gasteiger partial charge in [-0.25, -0.2) is 0 Å². The quantitative estimate of drug-likeness (QED) is 0.833. The van der Waals surface area contributed by atoms with E-state index in [9.17, 15) is 5.11 Å². The first-order valence-corrected chi connectivity index (χ1v) is 6.02. The van der Waals surface area contributed by atoms with Gasteiger partial charge >= 0.3 is 0 Å². The zero-order valence-electron chi connectivity index (χ0n) is 10.7. The summed E-state index contributed by atoms with van der Waals surface area (Å²) >= 11 is 0. The highest BCUT2D eigenvalue weighted by atomic mass is 16.3. The predicted octanol–water partition coefficient (Wildman–Crippen LogP) is 2.21. The van der Waals surface area contributed by atoms with Crippen molar-refractivity contribution in [2.24, 2.45) is 12.5 Å². The van der Waals surface area contributed by atoms with Crippen LogP contribution in [0, 0.1) is 12.3 Å². The van der Waals surface area contributed by atoms with E-state index in [2.05, 4.69) is 25.0 Å². The second kappa shape index (κ2) is 3.59. The van der Waals surface area contributed by atoms with Crippen LogP contribution in [0.2, 0.25) is 0 Å². The number of aliphatic hydroxyl groups is 1. The van der Waals surface area contributed by atoms with Crippen LogP contribution < -0.4 is 0 Å². The Morgan fingerprint density at radius 1 is 1.44 bits per heavy atom. The molecule has 0 aliphatic heterocycles. The molecule has 0 aromatic carbocycles. The average molecular weight is 222 g/mol. The van der Waals surface area contributed by atoms with E-state index in [0.29, 0.717) is 0 Å². The summed E-state index contributed by atoms with van der Waals surface area (Å²) < 4.78 is 1.89. The van der Waals surface area contributed by atoms with E-state index in [0.717, 1.165) is 37.1 Å². The molecule has 2 rings (SSSR count). The molecule has 1 aliphatic rings. The minimum absolute atomic E-state index is 0.280. The molecule has 90 valence electrons. The number of aryl methyl sites for hydroxylation is 2. The first-order chi connectivity index (χ1) is 7.30. The van der Waals surface area contributed by atoms with Crippen LogP contribution in [-0.2, 0) is 13.5 Å². The Morgan fingerprint density at radius 3 is 2.56 bits per heavy atom. The van der Waals surface area contributed by atoms with Crippen LogP contribution in [0.4, 0.5) is 0 Å². The van der Waals surface area contributed by atoms with Crippen molar-refractivity contribution in [3.05, 3.63) is 17.5 Å². The number of hydrogen-bond donors (Lipinski definition) is 1. The van der Waals surface area contributed by atoms with E-state index in [1.54, 1.807) is 0 Å². The van der Waals surface area contributed by atoms with Crippen molar-refractivity contribution >= 4 is 0 Å². The van der Waals surface area contributed by atoms with Gasteiger partial charge in [-0.15, -0.1) is 0 Å². The lowest BCUT2D eigenvalue weighted by molar-refractivity contribution is 0.0361. The van der Waals surface area contributed by atoms with Gasteiger partial charge in [-0.1, -0.05) is 13.8 Å². The summed E-state index contributed by atoms with van der Waals surface area (Å²) in [6.45, 7) is 6.46. The molecular formula is C13H22N2O. The summed E-state index contributed by atoms with van der Waals surface area (Å²) in [7, 11) is 1.95. The molecular weight excluding hydrogens is 200 g/mol. The molecule has 1 atom stereocenters. The second-order valence-corrected chi connectivity index (χ2v) is 6.14. The molecule has 1 aromatic rings. The number of nitrogens with zero attached hydrogens (tertiary/aromatic N) is 2. The van der Waals surface area contributed by atoms with Crippen LogP contribution in [0.3, 0.4) is 0 Å². The summed E-state index contributed by atoms with van der Waals surface area (Å²) in [6.07, 6.45) is 3.64. The number of hydrogen-bond acceptors (Lipinski definition) is 2. The van der Waals surface area contributed by atoms with Crippen molar-refractivity contribution in [1.82, 2.24) is 9.78 Å². The van der Waals surface area contributed by atoms with Gasteiger partial charge < -0.3 is 5.11 Å². The normalized spacial score (nSPS) is 28.6. The van der Waals surface area contributed by atoms with Crippen molar-refractivity contribution in [1.29, 1.82) is 0 Å². The molecule has 3 nitrogen and oxygen atoms in total. The highest BCUT2D eigenvalue weighted by Crippen LogP contribution is 2.44. The SMILES string of the molecule is Cc1cc(CC2(O)CCC(C)(C)C2)n(C)n1. The largest absolute Gasteiger partial charge is 0.389 e. The maximum absolute atomic E-state index is 10.6. The van der Waals surface area contributed by atoms with Crippen LogP contribution in [-0.4, -0.2) is 20.5 Å². The fourth-order valence-electron chi connectivity index (χ4n) is 2.96. The molecule has 1 saturated carbocycles. The van der Waals surface area contributed by atoms with Crippen molar-refractivity contribution in [3.8, 4) is 0 Å². The van der Waals surface area contributed by atoms with E-state index >= 15 is 0 Å². The Labute approximate surface area is 97.5 Å². The number of rotatable bonds is 2. The Morgan fingerprint density at radius 2 is 2.12 bits per heavy atom. The highest BCUT2D eigenvalue weighted by Gasteiger charge is 2.42. The van der Waals surface area contributed by atoms with E-state index < -0.39 is 5.60 Å². The van der Waals surface area contributed by atoms with Crippen LogP contribution >= 0.6 is 0 Å². The fourth-order valence-corrected chi connectivity index (χ4v) is 2.96. The molecule has 0 bridgehead atoms. The van der Waals surface area contributed by atoms with Gasteiger partial charge in [0.1, 0.15) is 0 Å². The van der Waals surface area contributed by atoms with Gasteiger partial charge in [0, 0.05) is 19.2 Å². The standard InChI is InChI=1S/C13H22N2O/c1-10-7-11(15(4)14-10)8-13(16)6-5-12(2,3)9-13/h7,16H,5-6,8-9H2,1-4H3. The van der Waals surface area contributed by atoms with Crippen LogP contribution in [0.1, 0.15) is 44.5 Å². The summed E-state index contributed by atoms with van der Waals surface area (Å²) in [4.78, 5) is 0.